The van der Waals surface area contributed by atoms with Gasteiger partial charge in [-0.15, -0.1) is 0 Å². The molecule has 0 spiro atoms. The topological polar surface area (TPSA) is 69.2 Å². The lowest BCUT2D eigenvalue weighted by molar-refractivity contribution is -0.120. The van der Waals surface area contributed by atoms with E-state index in [1.54, 1.807) is 24.3 Å². The first-order chi connectivity index (χ1) is 12.4. The zero-order chi connectivity index (χ0) is 19.1. The number of benzene rings is 2. The fourth-order valence-electron chi connectivity index (χ4n) is 2.07. The number of methoxy groups -OCH3 is 2. The fourth-order valence-corrected chi connectivity index (χ4v) is 2.55. The van der Waals surface area contributed by atoms with Crippen LogP contribution in [0.2, 0.25) is 10.0 Å². The number of hydrogen-bond acceptors (Lipinski definition) is 5. The first kappa shape index (κ1) is 19.9. The van der Waals surface area contributed by atoms with Crippen LogP contribution in [-0.4, -0.2) is 32.9 Å². The number of hydrogen-bond donors (Lipinski definition) is 1. The second kappa shape index (κ2) is 9.31. The van der Waals surface area contributed by atoms with Crippen LogP contribution in [0.5, 0.6) is 11.5 Å². The van der Waals surface area contributed by atoms with Crippen LogP contribution in [0.3, 0.4) is 0 Å². The maximum atomic E-state index is 11.8. The summed E-state index contributed by atoms with van der Waals surface area (Å²) in [6.07, 6.45) is 1.42. The molecule has 6 nitrogen and oxygen atoms in total. The van der Waals surface area contributed by atoms with E-state index in [1.807, 2.05) is 13.0 Å². The van der Waals surface area contributed by atoms with Crippen molar-refractivity contribution in [2.24, 2.45) is 5.16 Å². The third-order valence-electron chi connectivity index (χ3n) is 3.38. The zero-order valence-corrected chi connectivity index (χ0v) is 16.0. The maximum Gasteiger partial charge on any atom is 0.265 e. The molecule has 1 N–H and O–H groups in total. The van der Waals surface area contributed by atoms with Gasteiger partial charge in [-0.05, 0) is 36.8 Å². The summed E-state index contributed by atoms with van der Waals surface area (Å²) < 4.78 is 10.4. The smallest absolute Gasteiger partial charge is 0.265 e. The van der Waals surface area contributed by atoms with Gasteiger partial charge in [0.05, 0.1) is 25.5 Å². The molecule has 0 saturated carbocycles. The van der Waals surface area contributed by atoms with Crippen LogP contribution in [0.15, 0.2) is 35.5 Å². The van der Waals surface area contributed by atoms with Crippen molar-refractivity contribution < 1.29 is 19.1 Å². The molecule has 0 aliphatic rings. The third-order valence-corrected chi connectivity index (χ3v) is 4.07. The predicted octanol–water partition coefficient (Wildman–Crippen LogP) is 4.31. The summed E-state index contributed by atoms with van der Waals surface area (Å²) in [6.45, 7) is 1.63. The average molecular weight is 397 g/mol. The molecule has 0 aliphatic carbocycles. The van der Waals surface area contributed by atoms with Crippen LogP contribution in [0, 0.1) is 6.92 Å². The number of oxime groups is 1. The van der Waals surface area contributed by atoms with Crippen LogP contribution in [0.25, 0.3) is 0 Å². The van der Waals surface area contributed by atoms with E-state index in [1.165, 1.54) is 20.4 Å². The quantitative estimate of drug-likeness (QED) is 0.559. The molecule has 2 aromatic carbocycles. The van der Waals surface area contributed by atoms with E-state index in [2.05, 4.69) is 10.5 Å². The van der Waals surface area contributed by atoms with E-state index in [4.69, 9.17) is 37.5 Å². The molecule has 0 unspecified atom stereocenters. The van der Waals surface area contributed by atoms with Gasteiger partial charge >= 0.3 is 0 Å². The Morgan fingerprint density at radius 2 is 1.92 bits per heavy atom. The van der Waals surface area contributed by atoms with Gasteiger partial charge in [0, 0.05) is 16.3 Å². The number of ether oxygens (including phenoxy) is 2. The normalized spacial score (nSPS) is 10.7. The molecule has 0 aromatic heterocycles. The van der Waals surface area contributed by atoms with Crippen LogP contribution in [-0.2, 0) is 9.63 Å². The Bertz CT molecular complexity index is 825. The van der Waals surface area contributed by atoms with Gasteiger partial charge in [-0.3, -0.25) is 4.79 Å². The van der Waals surface area contributed by atoms with Crippen molar-refractivity contribution in [3.05, 3.63) is 51.5 Å². The highest BCUT2D eigenvalue weighted by atomic mass is 35.5. The molecule has 2 aromatic rings. The summed E-state index contributed by atoms with van der Waals surface area (Å²) in [5.41, 5.74) is 2.15. The van der Waals surface area contributed by atoms with E-state index >= 15 is 0 Å². The standard InChI is InChI=1S/C18H18Cl2N2O4/c1-11-4-5-13(8-14(11)19)22-17(23)10-26-21-9-12-6-15(20)18(25-3)16(7-12)24-2/h4-9H,10H2,1-3H3,(H,22,23)/b21-9+. The molecule has 0 atom stereocenters. The maximum absolute atomic E-state index is 11.8. The van der Waals surface area contributed by atoms with Crippen LogP contribution >= 0.6 is 23.2 Å². The van der Waals surface area contributed by atoms with Gasteiger partial charge in [-0.1, -0.05) is 34.4 Å². The average Bonchev–Trinajstić information content (AvgIpc) is 2.61. The molecule has 0 saturated heterocycles. The van der Waals surface area contributed by atoms with Crippen LogP contribution in [0.4, 0.5) is 5.69 Å². The first-order valence-corrected chi connectivity index (χ1v) is 8.33. The number of nitrogens with zero attached hydrogens (tertiary/aromatic N) is 1. The number of carbonyl (C=O) groups excluding carboxylic acids is 1. The minimum Gasteiger partial charge on any atom is -0.493 e. The van der Waals surface area contributed by atoms with Gasteiger partial charge in [0.1, 0.15) is 0 Å². The highest BCUT2D eigenvalue weighted by molar-refractivity contribution is 6.32. The number of anilines is 1. The fraction of sp³-hybridized carbons (Fsp3) is 0.222. The van der Waals surface area contributed by atoms with Crippen molar-refractivity contribution in [1.29, 1.82) is 0 Å². The lowest BCUT2D eigenvalue weighted by Crippen LogP contribution is -2.17. The van der Waals surface area contributed by atoms with Gasteiger partial charge in [-0.25, -0.2) is 0 Å². The van der Waals surface area contributed by atoms with Crippen LogP contribution < -0.4 is 14.8 Å². The second-order valence-corrected chi connectivity index (χ2v) is 6.07. The van der Waals surface area contributed by atoms with Gasteiger partial charge in [-0.2, -0.15) is 0 Å². The second-order valence-electron chi connectivity index (χ2n) is 5.26. The predicted molar refractivity (Wildman–Crippen MR) is 103 cm³/mol. The molecule has 0 aliphatic heterocycles. The lowest BCUT2D eigenvalue weighted by Gasteiger charge is -2.09. The van der Waals surface area contributed by atoms with Gasteiger partial charge in [0.2, 0.25) is 0 Å². The lowest BCUT2D eigenvalue weighted by atomic mass is 10.2. The minimum atomic E-state index is -0.354. The summed E-state index contributed by atoms with van der Waals surface area (Å²) in [5.74, 6) is 0.547. The number of rotatable bonds is 7. The van der Waals surface area contributed by atoms with Crippen LogP contribution in [0.1, 0.15) is 11.1 Å². The summed E-state index contributed by atoms with van der Waals surface area (Å²) >= 11 is 12.1. The van der Waals surface area contributed by atoms with Crippen molar-refractivity contribution >= 4 is 41.0 Å². The zero-order valence-electron chi connectivity index (χ0n) is 14.5. The number of carbonyl (C=O) groups is 1. The van der Waals surface area contributed by atoms with Gasteiger partial charge < -0.3 is 19.6 Å². The molecule has 0 bridgehead atoms. The summed E-state index contributed by atoms with van der Waals surface area (Å²) in [4.78, 5) is 16.9. The molecular formula is C18H18Cl2N2O4. The number of halogens is 2. The van der Waals surface area contributed by atoms with Crippen molar-refractivity contribution in [1.82, 2.24) is 0 Å². The number of amides is 1. The SMILES string of the molecule is COc1cc(/C=N/OCC(=O)Nc2ccc(C)c(Cl)c2)cc(Cl)c1OC. The molecule has 8 heteroatoms. The molecule has 0 fully saturated rings. The van der Waals surface area contributed by atoms with E-state index in [-0.39, 0.29) is 12.5 Å². The van der Waals surface area contributed by atoms with Gasteiger partial charge in [0.15, 0.2) is 18.1 Å². The molecule has 0 radical (unpaired) electrons. The van der Waals surface area contributed by atoms with E-state index in [9.17, 15) is 4.79 Å². The van der Waals surface area contributed by atoms with Crippen molar-refractivity contribution in [3.8, 4) is 11.5 Å². The molecule has 0 heterocycles. The molecule has 2 rings (SSSR count). The monoisotopic (exact) mass is 396 g/mol. The summed E-state index contributed by atoms with van der Waals surface area (Å²) in [7, 11) is 3.01. The Labute approximate surface area is 161 Å². The third kappa shape index (κ3) is 5.28. The molecular weight excluding hydrogens is 379 g/mol. The first-order valence-electron chi connectivity index (χ1n) is 7.57. The molecule has 138 valence electrons. The summed E-state index contributed by atoms with van der Waals surface area (Å²) in [6, 6.07) is 8.57. The Kier molecular flexibility index (Phi) is 7.12. The largest absolute Gasteiger partial charge is 0.493 e. The van der Waals surface area contributed by atoms with Crippen molar-refractivity contribution in [2.45, 2.75) is 6.92 Å². The Hall–Kier alpha value is -2.44. The number of aryl methyl sites for hydroxylation is 1. The van der Waals surface area contributed by atoms with Crippen molar-refractivity contribution in [3.63, 3.8) is 0 Å². The van der Waals surface area contributed by atoms with Gasteiger partial charge in [0.25, 0.3) is 5.91 Å². The number of nitrogens with one attached hydrogen (secondary N) is 1. The molecule has 1 amide bonds. The van der Waals surface area contributed by atoms with E-state index in [0.717, 1.165) is 5.56 Å². The highest BCUT2D eigenvalue weighted by Crippen LogP contribution is 2.35. The van der Waals surface area contributed by atoms with Crippen molar-refractivity contribution in [2.75, 3.05) is 26.1 Å². The Morgan fingerprint density at radius 3 is 2.58 bits per heavy atom. The minimum absolute atomic E-state index is 0.247. The highest BCUT2D eigenvalue weighted by Gasteiger charge is 2.10. The Balaban J connectivity index is 1.91. The van der Waals surface area contributed by atoms with E-state index < -0.39 is 0 Å². The van der Waals surface area contributed by atoms with E-state index in [0.29, 0.717) is 32.8 Å². The molecule has 26 heavy (non-hydrogen) atoms. The summed E-state index contributed by atoms with van der Waals surface area (Å²) in [5, 5.41) is 7.38. The Morgan fingerprint density at radius 1 is 1.15 bits per heavy atom.